The molecule has 0 aliphatic heterocycles. The first-order chi connectivity index (χ1) is 6.74. The fourth-order valence-corrected chi connectivity index (χ4v) is 1.48. The van der Waals surface area contributed by atoms with Crippen molar-refractivity contribution in [2.45, 2.75) is 19.0 Å². The van der Waals surface area contributed by atoms with Crippen LogP contribution in [0.3, 0.4) is 0 Å². The zero-order chi connectivity index (χ0) is 10.4. The summed E-state index contributed by atoms with van der Waals surface area (Å²) in [5, 5.41) is 4.59. The highest BCUT2D eigenvalue weighted by Crippen LogP contribution is 2.00. The second-order valence-electron chi connectivity index (χ2n) is 2.83. The number of aromatic nitrogens is 1. The van der Waals surface area contributed by atoms with Gasteiger partial charge >= 0.3 is 0 Å². The van der Waals surface area contributed by atoms with E-state index in [4.69, 9.17) is 5.73 Å². The van der Waals surface area contributed by atoms with Gasteiger partial charge < -0.3 is 11.1 Å². The van der Waals surface area contributed by atoms with Crippen LogP contribution >= 0.6 is 11.3 Å². The summed E-state index contributed by atoms with van der Waals surface area (Å²) in [6.45, 7) is 3.96. The summed E-state index contributed by atoms with van der Waals surface area (Å²) in [7, 11) is 0. The molecular formula is C9H13N3OS. The molecule has 1 unspecified atom stereocenters. The van der Waals surface area contributed by atoms with Crippen LogP contribution < -0.4 is 11.1 Å². The van der Waals surface area contributed by atoms with Crippen LogP contribution in [0.25, 0.3) is 0 Å². The number of nitrogens with one attached hydrogen (secondary N) is 1. The van der Waals surface area contributed by atoms with E-state index in [1.54, 1.807) is 11.6 Å². The number of hydrogen-bond acceptors (Lipinski definition) is 4. The van der Waals surface area contributed by atoms with Gasteiger partial charge in [-0.2, -0.15) is 0 Å². The predicted molar refractivity (Wildman–Crippen MR) is 56.8 cm³/mol. The number of carbonyl (C=O) groups is 1. The van der Waals surface area contributed by atoms with Crippen LogP contribution in [0.5, 0.6) is 0 Å². The SMILES string of the molecule is C=CCC(N)C(=O)NCc1cscn1. The summed E-state index contributed by atoms with van der Waals surface area (Å²) in [6, 6.07) is -0.508. The molecule has 3 N–H and O–H groups in total. The van der Waals surface area contributed by atoms with Crippen LogP contribution in [-0.4, -0.2) is 16.9 Å². The fourth-order valence-electron chi connectivity index (χ4n) is 0.920. The van der Waals surface area contributed by atoms with Crippen molar-refractivity contribution in [3.8, 4) is 0 Å². The number of nitrogens with two attached hydrogens (primary N) is 1. The standard InChI is InChI=1S/C9H13N3OS/c1-2-3-8(10)9(13)11-4-7-5-14-6-12-7/h2,5-6,8H,1,3-4,10H2,(H,11,13). The number of hydrogen-bond donors (Lipinski definition) is 2. The lowest BCUT2D eigenvalue weighted by Crippen LogP contribution is -2.39. The van der Waals surface area contributed by atoms with Gasteiger partial charge in [-0.05, 0) is 6.42 Å². The van der Waals surface area contributed by atoms with Gasteiger partial charge in [0.05, 0.1) is 23.8 Å². The highest BCUT2D eigenvalue weighted by molar-refractivity contribution is 7.07. The van der Waals surface area contributed by atoms with E-state index in [9.17, 15) is 4.79 Å². The van der Waals surface area contributed by atoms with Gasteiger partial charge in [-0.3, -0.25) is 4.79 Å². The molecule has 1 aromatic rings. The molecule has 1 amide bonds. The largest absolute Gasteiger partial charge is 0.349 e. The molecule has 0 fully saturated rings. The number of thiazole rings is 1. The smallest absolute Gasteiger partial charge is 0.237 e. The lowest BCUT2D eigenvalue weighted by Gasteiger charge is -2.08. The van der Waals surface area contributed by atoms with Crippen LogP contribution in [0.4, 0.5) is 0 Å². The first-order valence-electron chi connectivity index (χ1n) is 4.25. The highest BCUT2D eigenvalue weighted by atomic mass is 32.1. The Kier molecular flexibility index (Phi) is 4.28. The first-order valence-corrected chi connectivity index (χ1v) is 5.19. The van der Waals surface area contributed by atoms with E-state index in [2.05, 4.69) is 16.9 Å². The van der Waals surface area contributed by atoms with Crippen LogP contribution in [0.15, 0.2) is 23.5 Å². The minimum Gasteiger partial charge on any atom is -0.349 e. The van der Waals surface area contributed by atoms with E-state index < -0.39 is 6.04 Å². The van der Waals surface area contributed by atoms with E-state index in [0.29, 0.717) is 13.0 Å². The predicted octanol–water partition coefficient (Wildman–Crippen LogP) is 0.663. The first kappa shape index (κ1) is 10.9. The van der Waals surface area contributed by atoms with E-state index >= 15 is 0 Å². The van der Waals surface area contributed by atoms with Crippen molar-refractivity contribution in [3.63, 3.8) is 0 Å². The maximum Gasteiger partial charge on any atom is 0.237 e. The molecule has 0 radical (unpaired) electrons. The average molecular weight is 211 g/mol. The zero-order valence-corrected chi connectivity index (χ0v) is 8.59. The van der Waals surface area contributed by atoms with Crippen LogP contribution in [0.1, 0.15) is 12.1 Å². The summed E-state index contributed by atoms with van der Waals surface area (Å²) >= 11 is 1.50. The second kappa shape index (κ2) is 5.51. The Labute approximate surface area is 86.8 Å². The fraction of sp³-hybridized carbons (Fsp3) is 0.333. The number of rotatable bonds is 5. The lowest BCUT2D eigenvalue weighted by molar-refractivity contribution is -0.122. The van der Waals surface area contributed by atoms with Gasteiger partial charge in [-0.25, -0.2) is 4.98 Å². The molecular weight excluding hydrogens is 198 g/mol. The summed E-state index contributed by atoms with van der Waals surface area (Å²) < 4.78 is 0. The normalized spacial score (nSPS) is 12.1. The Hall–Kier alpha value is -1.20. The van der Waals surface area contributed by atoms with Crippen LogP contribution in [-0.2, 0) is 11.3 Å². The third kappa shape index (κ3) is 3.27. The van der Waals surface area contributed by atoms with Crippen LogP contribution in [0, 0.1) is 0 Å². The molecule has 76 valence electrons. The number of nitrogens with zero attached hydrogens (tertiary/aromatic N) is 1. The molecule has 0 aromatic carbocycles. The summed E-state index contributed by atoms with van der Waals surface area (Å²) in [4.78, 5) is 15.4. The molecule has 1 heterocycles. The summed E-state index contributed by atoms with van der Waals surface area (Å²) in [5.74, 6) is -0.169. The van der Waals surface area contributed by atoms with Gasteiger partial charge in [-0.1, -0.05) is 6.08 Å². The van der Waals surface area contributed by atoms with Crippen LogP contribution in [0.2, 0.25) is 0 Å². The molecule has 0 saturated carbocycles. The van der Waals surface area contributed by atoms with E-state index in [-0.39, 0.29) is 5.91 Å². The van der Waals surface area contributed by atoms with Crippen molar-refractivity contribution in [3.05, 3.63) is 29.2 Å². The molecule has 5 heteroatoms. The molecule has 1 aromatic heterocycles. The van der Waals surface area contributed by atoms with Gasteiger partial charge in [0.15, 0.2) is 0 Å². The summed E-state index contributed by atoms with van der Waals surface area (Å²) in [6.07, 6.45) is 2.12. The molecule has 0 aliphatic rings. The molecule has 0 bridgehead atoms. The van der Waals surface area contributed by atoms with Gasteiger partial charge in [0, 0.05) is 5.38 Å². The van der Waals surface area contributed by atoms with Crippen molar-refractivity contribution < 1.29 is 4.79 Å². The minimum absolute atomic E-state index is 0.169. The highest BCUT2D eigenvalue weighted by Gasteiger charge is 2.10. The third-order valence-corrected chi connectivity index (χ3v) is 2.32. The molecule has 4 nitrogen and oxygen atoms in total. The molecule has 0 spiro atoms. The monoisotopic (exact) mass is 211 g/mol. The Balaban J connectivity index is 2.31. The topological polar surface area (TPSA) is 68.0 Å². The van der Waals surface area contributed by atoms with Crippen molar-refractivity contribution >= 4 is 17.2 Å². The van der Waals surface area contributed by atoms with Gasteiger partial charge in [0.25, 0.3) is 0 Å². The average Bonchev–Trinajstić information content (AvgIpc) is 2.67. The lowest BCUT2D eigenvalue weighted by atomic mass is 10.2. The van der Waals surface area contributed by atoms with E-state index in [1.807, 2.05) is 5.38 Å². The maximum atomic E-state index is 11.3. The van der Waals surface area contributed by atoms with E-state index in [0.717, 1.165) is 5.69 Å². The molecule has 0 aliphatic carbocycles. The number of carbonyl (C=O) groups excluding carboxylic acids is 1. The Bertz CT molecular complexity index is 297. The van der Waals surface area contributed by atoms with Crippen molar-refractivity contribution in [1.82, 2.24) is 10.3 Å². The van der Waals surface area contributed by atoms with Gasteiger partial charge in [-0.15, -0.1) is 17.9 Å². The molecule has 14 heavy (non-hydrogen) atoms. The molecule has 0 saturated heterocycles. The van der Waals surface area contributed by atoms with Gasteiger partial charge in [0.2, 0.25) is 5.91 Å². The Morgan fingerprint density at radius 1 is 1.86 bits per heavy atom. The molecule has 1 rings (SSSR count). The van der Waals surface area contributed by atoms with Gasteiger partial charge in [0.1, 0.15) is 0 Å². The second-order valence-corrected chi connectivity index (χ2v) is 3.55. The number of amides is 1. The quantitative estimate of drug-likeness (QED) is 0.703. The summed E-state index contributed by atoms with van der Waals surface area (Å²) in [5.41, 5.74) is 8.15. The zero-order valence-electron chi connectivity index (χ0n) is 7.77. The maximum absolute atomic E-state index is 11.3. The minimum atomic E-state index is -0.508. The van der Waals surface area contributed by atoms with Crippen molar-refractivity contribution in [1.29, 1.82) is 0 Å². The van der Waals surface area contributed by atoms with Crippen molar-refractivity contribution in [2.24, 2.45) is 5.73 Å². The molecule has 1 atom stereocenters. The Morgan fingerprint density at radius 2 is 2.64 bits per heavy atom. The van der Waals surface area contributed by atoms with E-state index in [1.165, 1.54) is 11.3 Å². The Morgan fingerprint density at radius 3 is 3.21 bits per heavy atom. The third-order valence-electron chi connectivity index (χ3n) is 1.68. The van der Waals surface area contributed by atoms with Crippen molar-refractivity contribution in [2.75, 3.05) is 0 Å².